The molecule has 2 aliphatic carbocycles. The van der Waals surface area contributed by atoms with Crippen LogP contribution in [0.5, 0.6) is 0 Å². The standard InChI is InChI=1S/C36H30O2/c37-35(32-17-7-12-23-9-1-4-14-28(23)32)26-19-20-31-27(22-26)21-25-11-3-6-16-30(25)34(31)36(38)33-18-8-13-24-10-2-5-15-29(24)33/h3,6-8,11-13,16-22H,1-2,4-5,9-10,14-15H2. The first-order valence-corrected chi connectivity index (χ1v) is 14.0. The summed E-state index contributed by atoms with van der Waals surface area (Å²) in [6, 6.07) is 28.5. The molecule has 5 aromatic rings. The van der Waals surface area contributed by atoms with Crippen LogP contribution in [0, 0.1) is 0 Å². The summed E-state index contributed by atoms with van der Waals surface area (Å²) in [7, 11) is 0. The van der Waals surface area contributed by atoms with Gasteiger partial charge in [0.25, 0.3) is 0 Å². The van der Waals surface area contributed by atoms with Gasteiger partial charge in [0.05, 0.1) is 0 Å². The van der Waals surface area contributed by atoms with Gasteiger partial charge in [0.15, 0.2) is 11.6 Å². The van der Waals surface area contributed by atoms with Crippen LogP contribution in [0.3, 0.4) is 0 Å². The summed E-state index contributed by atoms with van der Waals surface area (Å²) in [4.78, 5) is 28.0. The highest BCUT2D eigenvalue weighted by Gasteiger charge is 2.24. The van der Waals surface area contributed by atoms with Gasteiger partial charge in [-0.15, -0.1) is 0 Å². The van der Waals surface area contributed by atoms with Crippen molar-refractivity contribution < 1.29 is 9.59 Å². The molecule has 0 radical (unpaired) electrons. The van der Waals surface area contributed by atoms with Crippen LogP contribution in [0.25, 0.3) is 21.5 Å². The molecule has 0 fully saturated rings. The number of carbonyl (C=O) groups is 2. The zero-order chi connectivity index (χ0) is 25.6. The van der Waals surface area contributed by atoms with Crippen molar-refractivity contribution in [1.82, 2.24) is 0 Å². The molecule has 2 aliphatic rings. The maximum absolute atomic E-state index is 14.3. The van der Waals surface area contributed by atoms with Crippen LogP contribution in [0.2, 0.25) is 0 Å². The summed E-state index contributed by atoms with van der Waals surface area (Å²) in [6.07, 6.45) is 8.65. The van der Waals surface area contributed by atoms with E-state index in [1.807, 2.05) is 60.7 Å². The van der Waals surface area contributed by atoms with Crippen molar-refractivity contribution in [1.29, 1.82) is 0 Å². The lowest BCUT2D eigenvalue weighted by Crippen LogP contribution is -2.13. The van der Waals surface area contributed by atoms with Crippen molar-refractivity contribution in [3.05, 3.63) is 129 Å². The Morgan fingerprint density at radius 1 is 0.500 bits per heavy atom. The van der Waals surface area contributed by atoms with Crippen LogP contribution in [0.15, 0.2) is 84.9 Å². The second-order valence-electron chi connectivity index (χ2n) is 10.9. The van der Waals surface area contributed by atoms with Gasteiger partial charge >= 0.3 is 0 Å². The monoisotopic (exact) mass is 494 g/mol. The zero-order valence-corrected chi connectivity index (χ0v) is 21.6. The lowest BCUT2D eigenvalue weighted by atomic mass is 9.83. The molecule has 0 spiro atoms. The maximum Gasteiger partial charge on any atom is 0.194 e. The van der Waals surface area contributed by atoms with Gasteiger partial charge in [-0.25, -0.2) is 0 Å². The number of benzene rings is 5. The number of aryl methyl sites for hydroxylation is 2. The number of hydrogen-bond donors (Lipinski definition) is 0. The van der Waals surface area contributed by atoms with E-state index in [4.69, 9.17) is 0 Å². The lowest BCUT2D eigenvalue weighted by Gasteiger charge is -2.20. The Morgan fingerprint density at radius 2 is 1.11 bits per heavy atom. The molecule has 0 unspecified atom stereocenters. The van der Waals surface area contributed by atoms with E-state index in [-0.39, 0.29) is 11.6 Å². The summed E-state index contributed by atoms with van der Waals surface area (Å²) in [5.74, 6) is 0.158. The number of carbonyl (C=O) groups excluding carboxylic acids is 2. The second kappa shape index (κ2) is 9.36. The molecular formula is C36H30O2. The van der Waals surface area contributed by atoms with Crippen LogP contribution in [-0.2, 0) is 25.7 Å². The molecule has 2 heteroatoms. The minimum absolute atomic E-state index is 0.0730. The summed E-state index contributed by atoms with van der Waals surface area (Å²) in [5, 5.41) is 3.84. The fourth-order valence-corrected chi connectivity index (χ4v) is 6.74. The Balaban J connectivity index is 1.39. The van der Waals surface area contributed by atoms with Gasteiger partial charge < -0.3 is 0 Å². The van der Waals surface area contributed by atoms with Crippen molar-refractivity contribution in [2.75, 3.05) is 0 Å². The molecule has 0 N–H and O–H groups in total. The quantitative estimate of drug-likeness (QED) is 0.186. The van der Waals surface area contributed by atoms with E-state index in [0.29, 0.717) is 5.56 Å². The highest BCUT2D eigenvalue weighted by molar-refractivity contribution is 6.25. The fourth-order valence-electron chi connectivity index (χ4n) is 6.74. The molecule has 0 heterocycles. The SMILES string of the molecule is O=C(c1ccc2c(C(=O)c3cccc4c3CCCC4)c3ccccc3cc2c1)c1cccc2c1CCCC2. The Hall–Kier alpha value is -4.04. The first-order chi connectivity index (χ1) is 18.7. The van der Waals surface area contributed by atoms with Gasteiger partial charge in [0.2, 0.25) is 0 Å². The Labute approximate surface area is 223 Å². The Morgan fingerprint density at radius 3 is 1.82 bits per heavy atom. The molecule has 0 saturated carbocycles. The van der Waals surface area contributed by atoms with Crippen molar-refractivity contribution in [2.24, 2.45) is 0 Å². The highest BCUT2D eigenvalue weighted by Crippen LogP contribution is 2.34. The van der Waals surface area contributed by atoms with Gasteiger partial charge in [-0.2, -0.15) is 0 Å². The largest absolute Gasteiger partial charge is 0.289 e. The van der Waals surface area contributed by atoms with E-state index in [1.165, 1.54) is 35.1 Å². The predicted octanol–water partition coefficient (Wildman–Crippen LogP) is 8.21. The van der Waals surface area contributed by atoms with Crippen molar-refractivity contribution in [3.8, 4) is 0 Å². The normalized spacial score (nSPS) is 14.7. The van der Waals surface area contributed by atoms with Crippen LogP contribution >= 0.6 is 0 Å². The van der Waals surface area contributed by atoms with Gasteiger partial charge in [-0.1, -0.05) is 72.8 Å². The third-order valence-corrected chi connectivity index (χ3v) is 8.63. The molecule has 0 aromatic heterocycles. The molecule has 0 bridgehead atoms. The van der Waals surface area contributed by atoms with Gasteiger partial charge in [0, 0.05) is 22.3 Å². The topological polar surface area (TPSA) is 34.1 Å². The number of rotatable bonds is 4. The van der Waals surface area contributed by atoms with Crippen LogP contribution < -0.4 is 0 Å². The van der Waals surface area contributed by atoms with Crippen molar-refractivity contribution in [3.63, 3.8) is 0 Å². The minimum atomic E-state index is 0.0730. The fraction of sp³-hybridized carbons (Fsp3) is 0.222. The average molecular weight is 495 g/mol. The second-order valence-corrected chi connectivity index (χ2v) is 10.9. The van der Waals surface area contributed by atoms with Crippen LogP contribution in [0.1, 0.15) is 79.8 Å². The number of ketones is 2. The molecular weight excluding hydrogens is 464 g/mol. The van der Waals surface area contributed by atoms with Crippen LogP contribution in [0.4, 0.5) is 0 Å². The average Bonchev–Trinajstić information content (AvgIpc) is 2.98. The molecule has 186 valence electrons. The first kappa shape index (κ1) is 23.1. The third kappa shape index (κ3) is 3.79. The third-order valence-electron chi connectivity index (χ3n) is 8.63. The molecule has 2 nitrogen and oxygen atoms in total. The van der Waals surface area contributed by atoms with E-state index < -0.39 is 0 Å². The van der Waals surface area contributed by atoms with Crippen molar-refractivity contribution in [2.45, 2.75) is 51.4 Å². The van der Waals surface area contributed by atoms with E-state index >= 15 is 0 Å². The van der Waals surface area contributed by atoms with E-state index in [9.17, 15) is 9.59 Å². The summed E-state index contributed by atoms with van der Waals surface area (Å²) in [5.41, 5.74) is 8.14. The highest BCUT2D eigenvalue weighted by atomic mass is 16.1. The number of hydrogen-bond acceptors (Lipinski definition) is 2. The van der Waals surface area contributed by atoms with Gasteiger partial charge in [-0.3, -0.25) is 9.59 Å². The smallest absolute Gasteiger partial charge is 0.194 e. The molecule has 0 atom stereocenters. The summed E-state index contributed by atoms with van der Waals surface area (Å²) >= 11 is 0. The summed E-state index contributed by atoms with van der Waals surface area (Å²) < 4.78 is 0. The van der Waals surface area contributed by atoms with Crippen LogP contribution in [-0.4, -0.2) is 11.6 Å². The van der Waals surface area contributed by atoms with Gasteiger partial charge in [-0.05, 0) is 107 Å². The molecule has 0 saturated heterocycles. The molecule has 0 amide bonds. The van der Waals surface area contributed by atoms with E-state index in [0.717, 1.165) is 76.8 Å². The first-order valence-electron chi connectivity index (χ1n) is 14.0. The predicted molar refractivity (Wildman–Crippen MR) is 154 cm³/mol. The maximum atomic E-state index is 14.3. The zero-order valence-electron chi connectivity index (χ0n) is 21.6. The molecule has 0 aliphatic heterocycles. The van der Waals surface area contributed by atoms with Crippen molar-refractivity contribution >= 4 is 33.1 Å². The van der Waals surface area contributed by atoms with E-state index in [2.05, 4.69) is 24.3 Å². The summed E-state index contributed by atoms with van der Waals surface area (Å²) in [6.45, 7) is 0. The Bertz CT molecular complexity index is 1760. The number of fused-ring (bicyclic) bond motifs is 4. The lowest BCUT2D eigenvalue weighted by molar-refractivity contribution is 0.103. The van der Waals surface area contributed by atoms with Gasteiger partial charge in [0.1, 0.15) is 0 Å². The molecule has 38 heavy (non-hydrogen) atoms. The Kier molecular flexibility index (Phi) is 5.69. The molecule has 7 rings (SSSR count). The minimum Gasteiger partial charge on any atom is -0.289 e. The molecule has 5 aromatic carbocycles. The van der Waals surface area contributed by atoms with E-state index in [1.54, 1.807) is 0 Å².